The standard InChI is InChI=1S/C26H25F6N3O3.C25H23F6N3O3/c1-15(36)19(14-26(30,31)32)17(12-13-25(27,28)29)23(37)34-22-24(38)35(2)20-11-7-6-10-18(20)21(33-22)16-8-4-3-5-9-16;26-24(27,28)11-10-17(18(21(32)36)13-25(29,30)31)23(37)34-22-19(35)12-15-8-4-5-9-16(15)20(33-22)14-6-2-1-3-7-14/h3-11,17,19,22H,12-14H2,1-2H3,(H,34,37);1-9,17-18,22H,10-13H2,(H2,32,36)(H,34,37)/t17-,19-,22-;17-,18+,22-/m11/s1. The number of halogens is 12. The van der Waals surface area contributed by atoms with Crippen LogP contribution in [0.2, 0.25) is 0 Å². The maximum absolute atomic E-state index is 13.3. The Morgan fingerprint density at radius 3 is 1.47 bits per heavy atom. The van der Waals surface area contributed by atoms with Crippen LogP contribution in [-0.2, 0) is 35.2 Å². The van der Waals surface area contributed by atoms with E-state index in [4.69, 9.17) is 5.73 Å². The largest absolute Gasteiger partial charge is 0.389 e. The van der Waals surface area contributed by atoms with Crippen molar-refractivity contribution < 1.29 is 81.5 Å². The van der Waals surface area contributed by atoms with Crippen molar-refractivity contribution in [3.63, 3.8) is 0 Å². The number of nitrogens with two attached hydrogens (primary N) is 1. The zero-order chi connectivity index (χ0) is 55.6. The number of anilines is 1. The van der Waals surface area contributed by atoms with Gasteiger partial charge in [0.2, 0.25) is 23.9 Å². The quantitative estimate of drug-likeness (QED) is 0.0942. The summed E-state index contributed by atoms with van der Waals surface area (Å²) in [4.78, 5) is 86.4. The highest BCUT2D eigenvalue weighted by Crippen LogP contribution is 2.37. The van der Waals surface area contributed by atoms with E-state index in [0.29, 0.717) is 39.2 Å². The number of fused-ring (bicyclic) bond motifs is 2. The molecule has 402 valence electrons. The number of rotatable bonds is 16. The lowest BCUT2D eigenvalue weighted by Crippen LogP contribution is -2.49. The van der Waals surface area contributed by atoms with Crippen molar-refractivity contribution in [1.29, 1.82) is 0 Å². The van der Waals surface area contributed by atoms with Gasteiger partial charge in [0, 0.05) is 60.4 Å². The normalized spacial score (nSPS) is 17.7. The van der Waals surface area contributed by atoms with Crippen LogP contribution in [0.5, 0.6) is 0 Å². The van der Waals surface area contributed by atoms with E-state index in [9.17, 15) is 81.5 Å². The lowest BCUT2D eigenvalue weighted by Gasteiger charge is -2.27. The monoisotopic (exact) mass is 1070 g/mol. The average Bonchev–Trinajstić information content (AvgIpc) is 3.52. The minimum atomic E-state index is -4.98. The second kappa shape index (κ2) is 24.3. The summed E-state index contributed by atoms with van der Waals surface area (Å²) in [5.74, 6) is -15.1. The van der Waals surface area contributed by atoms with Crippen LogP contribution in [0.15, 0.2) is 119 Å². The molecule has 6 atom stereocenters. The van der Waals surface area contributed by atoms with E-state index >= 15 is 0 Å². The number of alkyl halides is 12. The number of ketones is 2. The van der Waals surface area contributed by atoms with Crippen LogP contribution in [0.25, 0.3) is 0 Å². The number of likely N-dealkylation sites (N-methyl/N-ethyl adjacent to an activating group) is 1. The second-order valence-corrected chi connectivity index (χ2v) is 17.6. The fourth-order valence-corrected chi connectivity index (χ4v) is 8.50. The van der Waals surface area contributed by atoms with Gasteiger partial charge in [-0.3, -0.25) is 33.8 Å². The predicted octanol–water partition coefficient (Wildman–Crippen LogP) is 9.16. The molecule has 0 bridgehead atoms. The van der Waals surface area contributed by atoms with E-state index in [2.05, 4.69) is 20.6 Å². The molecule has 0 saturated carbocycles. The third kappa shape index (κ3) is 16.8. The molecule has 0 aromatic heterocycles. The van der Waals surface area contributed by atoms with Crippen LogP contribution in [0.3, 0.4) is 0 Å². The van der Waals surface area contributed by atoms with Crippen LogP contribution in [0.4, 0.5) is 58.4 Å². The Balaban J connectivity index is 0.000000277. The molecule has 24 heteroatoms. The summed E-state index contributed by atoms with van der Waals surface area (Å²) in [6, 6.07) is 30.6. The highest BCUT2D eigenvalue weighted by molar-refractivity contribution is 6.20. The smallest absolute Gasteiger partial charge is 0.369 e. The van der Waals surface area contributed by atoms with Crippen LogP contribution in [0, 0.1) is 23.7 Å². The lowest BCUT2D eigenvalue weighted by atomic mass is 9.82. The van der Waals surface area contributed by atoms with E-state index in [1.807, 2.05) is 0 Å². The Kier molecular flexibility index (Phi) is 19.0. The first kappa shape index (κ1) is 58.5. The van der Waals surface area contributed by atoms with Gasteiger partial charge in [0.15, 0.2) is 11.9 Å². The number of primary amides is 1. The predicted molar refractivity (Wildman–Crippen MR) is 249 cm³/mol. The summed E-state index contributed by atoms with van der Waals surface area (Å²) in [6.07, 6.45) is -32.0. The Hall–Kier alpha value is -7.40. The first-order chi connectivity index (χ1) is 34.9. The molecule has 4 aromatic rings. The number of nitrogens with one attached hydrogen (secondary N) is 2. The molecule has 2 heterocycles. The Bertz CT molecular complexity index is 2760. The molecule has 0 spiro atoms. The minimum Gasteiger partial charge on any atom is -0.369 e. The number of carbonyl (C=O) groups is 6. The maximum atomic E-state index is 13.3. The SMILES string of the molecule is CC(=O)[C@@H](CC(F)(F)F)[C@@H](CCC(F)(F)F)C(=O)N[C@H]1N=C(c2ccccc2)c2ccccc2N(C)C1=O.NC(=O)[C@@H](CC(F)(F)F)[C@@H](CCC(F)(F)F)C(=O)N[C@H]1N=C(c2ccccc2)c2ccccc2CC1=O. The summed E-state index contributed by atoms with van der Waals surface area (Å²) in [5, 5.41) is 4.41. The van der Waals surface area contributed by atoms with Gasteiger partial charge < -0.3 is 21.3 Å². The molecule has 2 aliphatic rings. The van der Waals surface area contributed by atoms with Crippen LogP contribution < -0.4 is 21.3 Å². The van der Waals surface area contributed by atoms with Crippen LogP contribution >= 0.6 is 0 Å². The number of aliphatic imine (C=N–C) groups is 2. The van der Waals surface area contributed by atoms with Crippen molar-refractivity contribution in [2.24, 2.45) is 39.4 Å². The van der Waals surface area contributed by atoms with Gasteiger partial charge in [-0.1, -0.05) is 103 Å². The van der Waals surface area contributed by atoms with Gasteiger partial charge in [-0.15, -0.1) is 0 Å². The van der Waals surface area contributed by atoms with Crippen LogP contribution in [-0.4, -0.2) is 90.7 Å². The molecule has 2 aliphatic heterocycles. The second-order valence-electron chi connectivity index (χ2n) is 17.6. The molecule has 0 saturated heterocycles. The number of hydrogen-bond donors (Lipinski definition) is 3. The number of amides is 4. The maximum Gasteiger partial charge on any atom is 0.389 e. The molecule has 4 amide bonds. The van der Waals surface area contributed by atoms with Gasteiger partial charge in [0.25, 0.3) is 5.91 Å². The van der Waals surface area contributed by atoms with E-state index in [1.54, 1.807) is 109 Å². The van der Waals surface area contributed by atoms with Gasteiger partial charge in [-0.05, 0) is 31.4 Å². The minimum absolute atomic E-state index is 0.198. The number of carbonyl (C=O) groups excluding carboxylic acids is 6. The van der Waals surface area contributed by atoms with Gasteiger partial charge in [-0.25, -0.2) is 4.99 Å². The molecule has 4 aromatic carbocycles. The fraction of sp³-hybridized carbons (Fsp3) is 0.373. The van der Waals surface area contributed by atoms with Crippen molar-refractivity contribution in [3.8, 4) is 0 Å². The Morgan fingerprint density at radius 2 is 0.987 bits per heavy atom. The number of para-hydroxylation sites is 1. The zero-order valence-electron chi connectivity index (χ0n) is 39.7. The summed E-state index contributed by atoms with van der Waals surface area (Å²) < 4.78 is 156. The fourth-order valence-electron chi connectivity index (χ4n) is 8.50. The van der Waals surface area contributed by atoms with Crippen molar-refractivity contribution in [2.75, 3.05) is 11.9 Å². The average molecular weight is 1070 g/mol. The number of benzene rings is 4. The first-order valence-electron chi connectivity index (χ1n) is 22.8. The summed E-state index contributed by atoms with van der Waals surface area (Å²) in [5.41, 5.74) is 8.92. The van der Waals surface area contributed by atoms with Crippen molar-refractivity contribution >= 4 is 52.3 Å². The highest BCUT2D eigenvalue weighted by Gasteiger charge is 2.46. The van der Waals surface area contributed by atoms with E-state index in [1.165, 1.54) is 11.9 Å². The van der Waals surface area contributed by atoms with Gasteiger partial charge in [0.05, 0.1) is 41.8 Å². The first-order valence-corrected chi connectivity index (χ1v) is 22.8. The number of benzodiazepines with no additional fused rings is 1. The lowest BCUT2D eigenvalue weighted by molar-refractivity contribution is -0.164. The molecule has 12 nitrogen and oxygen atoms in total. The summed E-state index contributed by atoms with van der Waals surface area (Å²) in [7, 11) is 1.41. The topological polar surface area (TPSA) is 180 Å². The molecule has 75 heavy (non-hydrogen) atoms. The summed E-state index contributed by atoms with van der Waals surface area (Å²) in [6.45, 7) is 0.789. The van der Waals surface area contributed by atoms with Gasteiger partial charge in [-0.2, -0.15) is 52.7 Å². The molecular weight excluding hydrogens is 1020 g/mol. The van der Waals surface area contributed by atoms with Crippen LogP contribution in [0.1, 0.15) is 73.3 Å². The molecule has 6 rings (SSSR count). The number of Topliss-reactive ketones (excluding diaryl/α,β-unsaturated/α-hetero) is 2. The highest BCUT2D eigenvalue weighted by atomic mass is 19.4. The molecule has 0 radical (unpaired) electrons. The molecule has 0 aliphatic carbocycles. The molecule has 0 fully saturated rings. The van der Waals surface area contributed by atoms with Crippen molar-refractivity contribution in [3.05, 3.63) is 137 Å². The van der Waals surface area contributed by atoms with Crippen molar-refractivity contribution in [2.45, 2.75) is 88.9 Å². The van der Waals surface area contributed by atoms with Gasteiger partial charge in [0.1, 0.15) is 5.78 Å². The third-order valence-corrected chi connectivity index (χ3v) is 12.1. The third-order valence-electron chi connectivity index (χ3n) is 12.1. The molecule has 4 N–H and O–H groups in total. The Labute approximate surface area is 420 Å². The molecule has 0 unspecified atom stereocenters. The van der Waals surface area contributed by atoms with Gasteiger partial charge >= 0.3 is 24.7 Å². The number of nitrogens with zero attached hydrogens (tertiary/aromatic N) is 3. The summed E-state index contributed by atoms with van der Waals surface area (Å²) >= 11 is 0. The molecular formula is C51H48F12N6O6. The van der Waals surface area contributed by atoms with E-state index < -0.39 is 134 Å². The zero-order valence-corrected chi connectivity index (χ0v) is 39.7. The number of hydrogen-bond acceptors (Lipinski definition) is 8. The van der Waals surface area contributed by atoms with Crippen molar-refractivity contribution in [1.82, 2.24) is 10.6 Å². The van der Waals surface area contributed by atoms with E-state index in [-0.39, 0.29) is 12.1 Å². The Morgan fingerprint density at radius 1 is 0.573 bits per heavy atom. The van der Waals surface area contributed by atoms with E-state index in [0.717, 1.165) is 6.92 Å².